The summed E-state index contributed by atoms with van der Waals surface area (Å²) in [6.45, 7) is 6.65. The maximum absolute atomic E-state index is 11.6. The lowest BCUT2D eigenvalue weighted by molar-refractivity contribution is 0.121. The lowest BCUT2D eigenvalue weighted by Crippen LogP contribution is -2.51. The van der Waals surface area contributed by atoms with Gasteiger partial charge in [-0.2, -0.15) is 15.2 Å². The van der Waals surface area contributed by atoms with Crippen LogP contribution in [-0.4, -0.2) is 77.5 Å². The molecule has 10 heteroatoms. The summed E-state index contributed by atoms with van der Waals surface area (Å²) < 4.78 is 6.13. The number of amides is 1. The Bertz CT molecular complexity index is 1450. The van der Waals surface area contributed by atoms with Crippen LogP contribution in [0.15, 0.2) is 36.4 Å². The highest BCUT2D eigenvalue weighted by Gasteiger charge is 2.31. The second kappa shape index (κ2) is 11.2. The Balaban J connectivity index is 1.33. The van der Waals surface area contributed by atoms with E-state index in [0.717, 1.165) is 56.0 Å². The van der Waals surface area contributed by atoms with E-state index in [9.17, 15) is 15.2 Å². The minimum atomic E-state index is -0.913. The molecule has 3 aliphatic rings. The monoisotopic (exact) mass is 541 g/mol. The van der Waals surface area contributed by atoms with Crippen LogP contribution < -0.4 is 19.9 Å². The van der Waals surface area contributed by atoms with Crippen LogP contribution in [0.1, 0.15) is 36.1 Å². The van der Waals surface area contributed by atoms with Crippen molar-refractivity contribution in [3.05, 3.63) is 53.2 Å². The molecule has 4 heterocycles. The van der Waals surface area contributed by atoms with Crippen LogP contribution in [0.2, 0.25) is 0 Å². The van der Waals surface area contributed by atoms with Gasteiger partial charge in [0.05, 0.1) is 30.8 Å². The molecule has 2 atom stereocenters. The SMILES string of the molecule is Cc1cccc2cccc(N3CCc4c(nc(OC[C@@H]5CCCN5C(=O)O)nc4N4CCN[C@@H](CC#N)C4)C3)c12. The van der Waals surface area contributed by atoms with E-state index in [-0.39, 0.29) is 24.7 Å². The molecule has 0 radical (unpaired) electrons. The molecule has 0 saturated carbocycles. The van der Waals surface area contributed by atoms with Crippen molar-refractivity contribution in [3.63, 3.8) is 0 Å². The maximum Gasteiger partial charge on any atom is 0.407 e. The lowest BCUT2D eigenvalue weighted by atomic mass is 9.99. The summed E-state index contributed by atoms with van der Waals surface area (Å²) in [6.07, 6.45) is 1.93. The van der Waals surface area contributed by atoms with Crippen molar-refractivity contribution in [3.8, 4) is 12.1 Å². The fourth-order valence-corrected chi connectivity index (χ4v) is 6.39. The molecule has 3 aromatic rings. The second-order valence-corrected chi connectivity index (χ2v) is 10.9. The normalized spacial score (nSPS) is 20.9. The smallest absolute Gasteiger partial charge is 0.407 e. The molecule has 2 saturated heterocycles. The third-order valence-electron chi connectivity index (χ3n) is 8.37. The first-order chi connectivity index (χ1) is 19.5. The molecule has 1 amide bonds. The number of aryl methyl sites for hydroxylation is 1. The number of hydrogen-bond donors (Lipinski definition) is 2. The Morgan fingerprint density at radius 3 is 2.85 bits per heavy atom. The molecule has 208 valence electrons. The van der Waals surface area contributed by atoms with E-state index in [1.165, 1.54) is 26.9 Å². The molecule has 40 heavy (non-hydrogen) atoms. The lowest BCUT2D eigenvalue weighted by Gasteiger charge is -2.37. The van der Waals surface area contributed by atoms with Gasteiger partial charge < -0.3 is 29.9 Å². The van der Waals surface area contributed by atoms with Gasteiger partial charge >= 0.3 is 12.1 Å². The fourth-order valence-electron chi connectivity index (χ4n) is 6.39. The van der Waals surface area contributed by atoms with Gasteiger partial charge in [-0.25, -0.2) is 4.79 Å². The summed E-state index contributed by atoms with van der Waals surface area (Å²) in [5.41, 5.74) is 4.51. The molecule has 2 fully saturated rings. The Labute approximate surface area is 234 Å². The number of hydrogen-bond acceptors (Lipinski definition) is 8. The van der Waals surface area contributed by atoms with Crippen LogP contribution in [0, 0.1) is 18.3 Å². The van der Waals surface area contributed by atoms with E-state index in [1.807, 2.05) is 0 Å². The summed E-state index contributed by atoms with van der Waals surface area (Å²) in [5.74, 6) is 0.875. The number of nitriles is 1. The number of nitrogens with zero attached hydrogens (tertiary/aromatic N) is 6. The average molecular weight is 542 g/mol. The van der Waals surface area contributed by atoms with Crippen molar-refractivity contribution in [2.75, 3.05) is 49.1 Å². The number of carbonyl (C=O) groups is 1. The van der Waals surface area contributed by atoms with Crippen LogP contribution in [0.4, 0.5) is 16.3 Å². The van der Waals surface area contributed by atoms with Gasteiger partial charge in [0.2, 0.25) is 0 Å². The minimum absolute atomic E-state index is 0.0788. The van der Waals surface area contributed by atoms with E-state index >= 15 is 0 Å². The predicted molar refractivity (Wildman–Crippen MR) is 153 cm³/mol. The number of fused-ring (bicyclic) bond motifs is 2. The molecular weight excluding hydrogens is 506 g/mol. The minimum Gasteiger partial charge on any atom is -0.465 e. The van der Waals surface area contributed by atoms with Gasteiger partial charge in [0.1, 0.15) is 12.4 Å². The molecule has 2 aromatic carbocycles. The van der Waals surface area contributed by atoms with E-state index in [4.69, 9.17) is 14.7 Å². The Kier molecular flexibility index (Phi) is 7.30. The topological polar surface area (TPSA) is 118 Å². The molecule has 0 aliphatic carbocycles. The number of nitrogens with one attached hydrogen (secondary N) is 1. The molecule has 0 spiro atoms. The molecule has 0 unspecified atom stereocenters. The zero-order valence-electron chi connectivity index (χ0n) is 22.8. The van der Waals surface area contributed by atoms with Gasteiger partial charge in [0.25, 0.3) is 0 Å². The quantitative estimate of drug-likeness (QED) is 0.481. The van der Waals surface area contributed by atoms with Crippen molar-refractivity contribution in [1.29, 1.82) is 5.26 Å². The van der Waals surface area contributed by atoms with Crippen molar-refractivity contribution in [1.82, 2.24) is 20.2 Å². The molecular formula is C30H35N7O3. The number of rotatable bonds is 6. The highest BCUT2D eigenvalue weighted by atomic mass is 16.5. The molecule has 0 bridgehead atoms. The van der Waals surface area contributed by atoms with E-state index in [0.29, 0.717) is 26.1 Å². The van der Waals surface area contributed by atoms with Gasteiger partial charge in [0, 0.05) is 55.4 Å². The fraction of sp³-hybridized carbons (Fsp3) is 0.467. The van der Waals surface area contributed by atoms with Gasteiger partial charge in [-0.3, -0.25) is 0 Å². The number of carboxylic acid groups (broad SMARTS) is 1. The highest BCUT2D eigenvalue weighted by molar-refractivity contribution is 5.97. The Morgan fingerprint density at radius 1 is 1.18 bits per heavy atom. The number of benzene rings is 2. The first-order valence-corrected chi connectivity index (χ1v) is 14.1. The molecule has 3 aliphatic heterocycles. The number of ether oxygens (including phenoxy) is 1. The van der Waals surface area contributed by atoms with Crippen LogP contribution in [0.3, 0.4) is 0 Å². The first kappa shape index (κ1) is 26.1. The molecule has 6 rings (SSSR count). The van der Waals surface area contributed by atoms with Crippen molar-refractivity contribution in [2.24, 2.45) is 0 Å². The van der Waals surface area contributed by atoms with Gasteiger partial charge in [-0.05, 0) is 43.2 Å². The summed E-state index contributed by atoms with van der Waals surface area (Å²) in [4.78, 5) is 27.5. The number of aromatic nitrogens is 2. The summed E-state index contributed by atoms with van der Waals surface area (Å²) >= 11 is 0. The first-order valence-electron chi connectivity index (χ1n) is 14.1. The molecule has 1 aromatic heterocycles. The largest absolute Gasteiger partial charge is 0.465 e. The van der Waals surface area contributed by atoms with Crippen LogP contribution in [0.5, 0.6) is 6.01 Å². The van der Waals surface area contributed by atoms with Crippen LogP contribution in [0.25, 0.3) is 10.8 Å². The summed E-state index contributed by atoms with van der Waals surface area (Å²) in [6, 6.07) is 15.3. The van der Waals surface area contributed by atoms with E-state index < -0.39 is 6.09 Å². The van der Waals surface area contributed by atoms with Crippen molar-refractivity contribution >= 4 is 28.4 Å². The maximum atomic E-state index is 11.6. The van der Waals surface area contributed by atoms with E-state index in [1.54, 1.807) is 0 Å². The van der Waals surface area contributed by atoms with Crippen molar-refractivity contribution in [2.45, 2.75) is 51.2 Å². The standard InChI is InChI=1S/C30H35N7O3/c1-20-5-2-6-21-7-3-9-26(27(20)21)35-15-11-24-25(18-35)33-29(40-19-23-8-4-14-37(23)30(38)39)34-28(24)36-16-13-32-22(17-36)10-12-31/h2-3,5-7,9,22-23,32H,4,8,10-11,13-19H2,1H3,(H,38,39)/t22-,23-/m0/s1. The van der Waals surface area contributed by atoms with Gasteiger partial charge in [-0.15, -0.1) is 0 Å². The second-order valence-electron chi connectivity index (χ2n) is 10.9. The van der Waals surface area contributed by atoms with E-state index in [2.05, 4.69) is 64.5 Å². The van der Waals surface area contributed by atoms with Crippen molar-refractivity contribution < 1.29 is 14.6 Å². The van der Waals surface area contributed by atoms with Crippen LogP contribution in [-0.2, 0) is 13.0 Å². The van der Waals surface area contributed by atoms with Gasteiger partial charge in [-0.1, -0.05) is 30.3 Å². The van der Waals surface area contributed by atoms with Gasteiger partial charge in [0.15, 0.2) is 0 Å². The Hall–Kier alpha value is -4.10. The molecule has 2 N–H and O–H groups in total. The highest BCUT2D eigenvalue weighted by Crippen LogP contribution is 2.35. The third kappa shape index (κ3) is 5.09. The average Bonchev–Trinajstić information content (AvgIpc) is 3.45. The molecule has 10 nitrogen and oxygen atoms in total. The predicted octanol–water partition coefficient (Wildman–Crippen LogP) is 3.71. The summed E-state index contributed by atoms with van der Waals surface area (Å²) in [7, 11) is 0. The number of likely N-dealkylation sites (tertiary alicyclic amines) is 1. The number of piperazine rings is 1. The zero-order chi connectivity index (χ0) is 27.6. The zero-order valence-corrected chi connectivity index (χ0v) is 22.8. The third-order valence-corrected chi connectivity index (χ3v) is 8.37. The summed E-state index contributed by atoms with van der Waals surface area (Å²) in [5, 5.41) is 24.7. The Morgan fingerprint density at radius 2 is 2.02 bits per heavy atom. The van der Waals surface area contributed by atoms with Crippen LogP contribution >= 0.6 is 0 Å². The number of anilines is 2.